The van der Waals surface area contributed by atoms with Crippen LogP contribution in [0, 0.1) is 6.33 Å². The molecule has 0 atom stereocenters. The van der Waals surface area contributed by atoms with Crippen LogP contribution in [-0.2, 0) is 16.1 Å². The number of aromatic nitrogens is 3. The molecular weight excluding hydrogens is 190 g/mol. The van der Waals surface area contributed by atoms with Gasteiger partial charge in [0.1, 0.15) is 0 Å². The van der Waals surface area contributed by atoms with Crippen molar-refractivity contribution in [2.24, 2.45) is 0 Å². The minimum atomic E-state index is -0.839. The Morgan fingerprint density at radius 3 is 3.00 bits per heavy atom. The number of rotatable bonds is 3. The second-order valence-electron chi connectivity index (χ2n) is 2.44. The van der Waals surface area contributed by atoms with Crippen LogP contribution in [0.5, 0.6) is 0 Å². The summed E-state index contributed by atoms with van der Waals surface area (Å²) < 4.78 is 5.29. The van der Waals surface area contributed by atoms with Crippen molar-refractivity contribution in [3.8, 4) is 0 Å². The van der Waals surface area contributed by atoms with Gasteiger partial charge in [-0.3, -0.25) is 19.0 Å². The minimum absolute atomic E-state index is 0.00194. The fourth-order valence-corrected chi connectivity index (χ4v) is 0.809. The molecule has 0 unspecified atom stereocenters. The van der Waals surface area contributed by atoms with Gasteiger partial charge in [0, 0.05) is 6.54 Å². The van der Waals surface area contributed by atoms with Gasteiger partial charge in [-0.15, -0.1) is 0 Å². The highest BCUT2D eigenvalue weighted by molar-refractivity contribution is 5.68. The molecule has 7 nitrogen and oxygen atoms in total. The zero-order valence-corrected chi connectivity index (χ0v) is 7.44. The van der Waals surface area contributed by atoms with E-state index in [0.29, 0.717) is 0 Å². The SMILES string of the molecule is COC(=O)CCn1[c]n[nH]c(=O)c1=O. The van der Waals surface area contributed by atoms with E-state index in [1.807, 2.05) is 5.10 Å². The maximum atomic E-state index is 11.1. The number of carbonyl (C=O) groups is 1. The van der Waals surface area contributed by atoms with Crippen LogP contribution in [0.15, 0.2) is 9.59 Å². The maximum absolute atomic E-state index is 11.1. The number of methoxy groups -OCH3 is 1. The zero-order chi connectivity index (χ0) is 10.6. The largest absolute Gasteiger partial charge is 0.469 e. The Morgan fingerprint density at radius 2 is 2.36 bits per heavy atom. The van der Waals surface area contributed by atoms with Crippen LogP contribution >= 0.6 is 0 Å². The number of nitrogens with one attached hydrogen (secondary N) is 1. The highest BCUT2D eigenvalue weighted by Crippen LogP contribution is 1.86. The summed E-state index contributed by atoms with van der Waals surface area (Å²) in [4.78, 5) is 32.6. The molecule has 0 spiro atoms. The standard InChI is InChI=1S/C7H8N3O4/c1-14-5(11)2-3-10-4-8-9-6(12)7(10)13/h2-3H2,1H3,(H,9,12). The Labute approximate surface area is 78.3 Å². The summed E-state index contributed by atoms with van der Waals surface area (Å²) in [6, 6.07) is 0. The van der Waals surface area contributed by atoms with Crippen molar-refractivity contribution in [1.29, 1.82) is 0 Å². The highest BCUT2D eigenvalue weighted by atomic mass is 16.5. The lowest BCUT2D eigenvalue weighted by Gasteiger charge is -2.00. The van der Waals surface area contributed by atoms with Crippen LogP contribution < -0.4 is 11.1 Å². The molecule has 1 heterocycles. The molecule has 0 amide bonds. The first kappa shape index (κ1) is 10.2. The third kappa shape index (κ3) is 2.28. The predicted molar refractivity (Wildman–Crippen MR) is 44.6 cm³/mol. The van der Waals surface area contributed by atoms with Gasteiger partial charge in [0.15, 0.2) is 0 Å². The number of aromatic amines is 1. The molecule has 75 valence electrons. The summed E-state index contributed by atoms with van der Waals surface area (Å²) in [5, 5.41) is 5.23. The molecule has 14 heavy (non-hydrogen) atoms. The molecule has 0 saturated carbocycles. The molecule has 1 radical (unpaired) electrons. The minimum Gasteiger partial charge on any atom is -0.469 e. The van der Waals surface area contributed by atoms with Gasteiger partial charge in [0.25, 0.3) is 0 Å². The quantitative estimate of drug-likeness (QED) is 0.461. The van der Waals surface area contributed by atoms with E-state index >= 15 is 0 Å². The van der Waals surface area contributed by atoms with E-state index in [1.165, 1.54) is 7.11 Å². The molecule has 0 aliphatic rings. The highest BCUT2D eigenvalue weighted by Gasteiger charge is 2.04. The van der Waals surface area contributed by atoms with Crippen LogP contribution in [-0.4, -0.2) is 27.8 Å². The lowest BCUT2D eigenvalue weighted by Crippen LogP contribution is -2.37. The van der Waals surface area contributed by atoms with Gasteiger partial charge in [-0.05, 0) is 0 Å². The number of H-pyrrole nitrogens is 1. The molecule has 1 aromatic heterocycles. The number of esters is 1. The third-order valence-electron chi connectivity index (χ3n) is 1.53. The second-order valence-corrected chi connectivity index (χ2v) is 2.44. The van der Waals surface area contributed by atoms with E-state index in [2.05, 4.69) is 16.2 Å². The van der Waals surface area contributed by atoms with E-state index in [1.54, 1.807) is 0 Å². The molecule has 1 rings (SSSR count). The van der Waals surface area contributed by atoms with Gasteiger partial charge in [-0.1, -0.05) is 0 Å². The molecule has 0 aliphatic carbocycles. The second kappa shape index (κ2) is 4.35. The molecule has 0 aliphatic heterocycles. The lowest BCUT2D eigenvalue weighted by molar-refractivity contribution is -0.140. The van der Waals surface area contributed by atoms with Gasteiger partial charge in [0.05, 0.1) is 13.5 Å². The van der Waals surface area contributed by atoms with Crippen molar-refractivity contribution in [2.75, 3.05) is 7.11 Å². The molecule has 1 aromatic rings. The van der Waals surface area contributed by atoms with Gasteiger partial charge in [0.2, 0.25) is 6.33 Å². The van der Waals surface area contributed by atoms with Crippen LogP contribution in [0.2, 0.25) is 0 Å². The van der Waals surface area contributed by atoms with E-state index < -0.39 is 17.1 Å². The fourth-order valence-electron chi connectivity index (χ4n) is 0.809. The Morgan fingerprint density at radius 1 is 1.64 bits per heavy atom. The first-order valence-electron chi connectivity index (χ1n) is 3.79. The molecule has 0 saturated heterocycles. The smallest absolute Gasteiger partial charge is 0.330 e. The molecule has 0 fully saturated rings. The zero-order valence-electron chi connectivity index (χ0n) is 7.44. The van der Waals surface area contributed by atoms with Gasteiger partial charge in [-0.25, -0.2) is 5.10 Å². The van der Waals surface area contributed by atoms with Gasteiger partial charge in [-0.2, -0.15) is 5.10 Å². The van der Waals surface area contributed by atoms with Crippen molar-refractivity contribution in [2.45, 2.75) is 13.0 Å². The first-order chi connectivity index (χ1) is 6.65. The summed E-state index contributed by atoms with van der Waals surface area (Å²) in [7, 11) is 1.24. The normalized spacial score (nSPS) is 9.79. The van der Waals surface area contributed by atoms with Crippen molar-refractivity contribution >= 4 is 5.97 Å². The van der Waals surface area contributed by atoms with Crippen LogP contribution in [0.4, 0.5) is 0 Å². The Kier molecular flexibility index (Phi) is 3.16. The summed E-state index contributed by atoms with van der Waals surface area (Å²) in [5.74, 6) is -0.467. The van der Waals surface area contributed by atoms with Crippen LogP contribution in [0.1, 0.15) is 6.42 Å². The Balaban J connectivity index is 2.78. The third-order valence-corrected chi connectivity index (χ3v) is 1.53. The lowest BCUT2D eigenvalue weighted by atomic mass is 10.4. The molecule has 7 heteroatoms. The molecule has 0 aromatic carbocycles. The average Bonchev–Trinajstić information content (AvgIpc) is 2.20. The topological polar surface area (TPSA) is 94.1 Å². The number of aryl methyl sites for hydroxylation is 1. The average molecular weight is 198 g/mol. The number of nitrogens with zero attached hydrogens (tertiary/aromatic N) is 2. The predicted octanol–water partition coefficient (Wildman–Crippen LogP) is -1.71. The van der Waals surface area contributed by atoms with Crippen molar-refractivity contribution < 1.29 is 9.53 Å². The number of ether oxygens (including phenoxy) is 1. The fraction of sp³-hybridized carbons (Fsp3) is 0.429. The first-order valence-corrected chi connectivity index (χ1v) is 3.79. The van der Waals surface area contributed by atoms with Crippen LogP contribution in [0.3, 0.4) is 0 Å². The van der Waals surface area contributed by atoms with Crippen molar-refractivity contribution in [3.05, 3.63) is 27.0 Å². The summed E-state index contributed by atoms with van der Waals surface area (Å²) >= 11 is 0. The number of carbonyl (C=O) groups excluding carboxylic acids is 1. The summed E-state index contributed by atoms with van der Waals surface area (Å²) in [6.45, 7) is 0.0302. The van der Waals surface area contributed by atoms with E-state index in [-0.39, 0.29) is 13.0 Å². The van der Waals surface area contributed by atoms with Gasteiger partial charge < -0.3 is 4.74 Å². The molecule has 0 bridgehead atoms. The number of hydrogen-bond acceptors (Lipinski definition) is 5. The maximum Gasteiger partial charge on any atom is 0.330 e. The number of hydrogen-bond donors (Lipinski definition) is 1. The van der Waals surface area contributed by atoms with Crippen molar-refractivity contribution in [1.82, 2.24) is 14.8 Å². The monoisotopic (exact) mass is 198 g/mol. The van der Waals surface area contributed by atoms with E-state index in [9.17, 15) is 14.4 Å². The van der Waals surface area contributed by atoms with E-state index in [4.69, 9.17) is 0 Å². The Bertz CT molecular complexity index is 433. The van der Waals surface area contributed by atoms with Gasteiger partial charge >= 0.3 is 17.1 Å². The van der Waals surface area contributed by atoms with Crippen LogP contribution in [0.25, 0.3) is 0 Å². The molecular formula is C7H8N3O4. The van der Waals surface area contributed by atoms with E-state index in [0.717, 1.165) is 4.57 Å². The summed E-state index contributed by atoms with van der Waals surface area (Å²) in [5.41, 5.74) is -1.63. The van der Waals surface area contributed by atoms with Crippen molar-refractivity contribution in [3.63, 3.8) is 0 Å². The summed E-state index contributed by atoms with van der Waals surface area (Å²) in [6.07, 6.45) is 2.25. The molecule has 1 N–H and O–H groups in total. The Hall–Kier alpha value is -1.92.